The molecule has 10 N–H and O–H groups in total. The molecule has 4 rings (SSSR count). The van der Waals surface area contributed by atoms with Crippen molar-refractivity contribution in [2.24, 2.45) is 0 Å². The Morgan fingerprint density at radius 3 is 1.32 bits per heavy atom. The fraction of sp³-hybridized carbons (Fsp3) is 1.00. The molecule has 4 aliphatic heterocycles. The zero-order chi connectivity index (χ0) is 30.5. The highest BCUT2D eigenvalue weighted by molar-refractivity contribution is 4.96. The first-order valence-electron chi connectivity index (χ1n) is 13.5. The van der Waals surface area contributed by atoms with Crippen LogP contribution in [-0.2, 0) is 33.2 Å². The van der Waals surface area contributed by atoms with Crippen LogP contribution in [0.15, 0.2) is 0 Å². The van der Waals surface area contributed by atoms with E-state index < -0.39 is 123 Å². The van der Waals surface area contributed by atoms with E-state index in [2.05, 4.69) is 0 Å². The Morgan fingerprint density at radius 1 is 0.341 bits per heavy atom. The molecule has 4 fully saturated rings. The molecule has 240 valence electrons. The van der Waals surface area contributed by atoms with Gasteiger partial charge in [-0.1, -0.05) is 0 Å². The molecule has 4 saturated heterocycles. The van der Waals surface area contributed by atoms with Crippen molar-refractivity contribution in [1.29, 1.82) is 0 Å². The second-order valence-corrected chi connectivity index (χ2v) is 11.1. The average molecular weight is 603 g/mol. The van der Waals surface area contributed by atoms with Crippen LogP contribution < -0.4 is 0 Å². The van der Waals surface area contributed by atoms with E-state index in [4.69, 9.17) is 33.2 Å². The zero-order valence-corrected chi connectivity index (χ0v) is 22.9. The van der Waals surface area contributed by atoms with E-state index in [-0.39, 0.29) is 0 Å². The number of ether oxygens (including phenoxy) is 7. The van der Waals surface area contributed by atoms with Crippen molar-refractivity contribution >= 4 is 0 Å². The van der Waals surface area contributed by atoms with E-state index in [1.54, 1.807) is 0 Å². The molecular formula is C24H42O17. The number of aliphatic hydroxyl groups is 10. The lowest BCUT2D eigenvalue weighted by molar-refractivity contribution is -0.392. The topological polar surface area (TPSA) is 267 Å². The summed E-state index contributed by atoms with van der Waals surface area (Å²) in [5, 5.41) is 104. The molecule has 0 radical (unpaired) electrons. The van der Waals surface area contributed by atoms with Crippen molar-refractivity contribution in [2.75, 3.05) is 0 Å². The smallest absolute Gasteiger partial charge is 0.187 e. The van der Waals surface area contributed by atoms with Gasteiger partial charge in [-0.15, -0.1) is 0 Å². The summed E-state index contributed by atoms with van der Waals surface area (Å²) in [4.78, 5) is 0. The maximum absolute atomic E-state index is 11.1. The summed E-state index contributed by atoms with van der Waals surface area (Å²) in [5.74, 6) is 0. The summed E-state index contributed by atoms with van der Waals surface area (Å²) < 4.78 is 38.9. The minimum atomic E-state index is -1.81. The lowest BCUT2D eigenvalue weighted by Gasteiger charge is -2.48. The minimum Gasteiger partial charge on any atom is -0.388 e. The quantitative estimate of drug-likeness (QED) is 0.136. The van der Waals surface area contributed by atoms with Gasteiger partial charge in [-0.05, 0) is 27.7 Å². The summed E-state index contributed by atoms with van der Waals surface area (Å²) in [7, 11) is 0. The molecule has 0 aromatic carbocycles. The largest absolute Gasteiger partial charge is 0.388 e. The van der Waals surface area contributed by atoms with E-state index >= 15 is 0 Å². The van der Waals surface area contributed by atoms with Crippen molar-refractivity contribution < 1.29 is 84.2 Å². The standard InChI is InChI=1S/C24H42O17/c1-5-10(26)14(30)19(21(34)35-5)40-23-17(33)18(12(28)8(4)37-23)39-24-20(15(31)11(27)7(3)38-24)41-22-16(32)13(29)9(25)6(2)36-22/h5-34H,1-4H3/t5-,6-,7-,8-,9-,10-,11-,12-,13+,14+,15+,16+,17+,18+,19+,20+,21+,22-,23-,24-/m0/s1. The highest BCUT2D eigenvalue weighted by atomic mass is 16.8. The summed E-state index contributed by atoms with van der Waals surface area (Å²) in [5.41, 5.74) is 0. The maximum atomic E-state index is 11.1. The molecular weight excluding hydrogens is 560 g/mol. The van der Waals surface area contributed by atoms with Crippen LogP contribution in [0.3, 0.4) is 0 Å². The molecule has 0 spiro atoms. The van der Waals surface area contributed by atoms with Crippen molar-refractivity contribution in [3.8, 4) is 0 Å². The van der Waals surface area contributed by atoms with Crippen LogP contribution in [0.4, 0.5) is 0 Å². The molecule has 20 atom stereocenters. The fourth-order valence-electron chi connectivity index (χ4n) is 5.28. The molecule has 0 aromatic heterocycles. The van der Waals surface area contributed by atoms with Gasteiger partial charge in [0.05, 0.1) is 24.4 Å². The SMILES string of the molecule is C[C@@H]1O[C@@H](O[C@H]2[C@H](O[C@@H]3[C@@H](O)[C@H](C)O[C@@H](O[C@@H]4[C@H](O)[C@@H](O)[C@H](C)O[C@H]4O)[C@@H]3O)O[C@@H](C)[C@H](O)[C@H]2O)[C@H](O)[C@H](O)[C@H]1O. The van der Waals surface area contributed by atoms with Gasteiger partial charge in [0.1, 0.15) is 73.2 Å². The summed E-state index contributed by atoms with van der Waals surface area (Å²) >= 11 is 0. The molecule has 0 unspecified atom stereocenters. The first-order chi connectivity index (χ1) is 19.1. The van der Waals surface area contributed by atoms with Gasteiger partial charge in [-0.2, -0.15) is 0 Å². The first kappa shape index (κ1) is 33.2. The maximum Gasteiger partial charge on any atom is 0.187 e. The van der Waals surface area contributed by atoms with Crippen molar-refractivity contribution in [1.82, 2.24) is 0 Å². The Hall–Kier alpha value is -0.680. The first-order valence-corrected chi connectivity index (χ1v) is 13.5. The second kappa shape index (κ2) is 13.1. The normalized spacial score (nSPS) is 56.9. The summed E-state index contributed by atoms with van der Waals surface area (Å²) in [6.45, 7) is 5.67. The van der Waals surface area contributed by atoms with Gasteiger partial charge in [0, 0.05) is 0 Å². The number of aliphatic hydroxyl groups excluding tert-OH is 10. The van der Waals surface area contributed by atoms with E-state index in [1.807, 2.05) is 0 Å². The van der Waals surface area contributed by atoms with Crippen LogP contribution in [0, 0.1) is 0 Å². The zero-order valence-electron chi connectivity index (χ0n) is 22.9. The lowest BCUT2D eigenvalue weighted by Crippen LogP contribution is -2.66. The second-order valence-electron chi connectivity index (χ2n) is 11.1. The van der Waals surface area contributed by atoms with E-state index in [1.165, 1.54) is 27.7 Å². The molecule has 4 heterocycles. The summed E-state index contributed by atoms with van der Waals surface area (Å²) in [6.07, 6.45) is -29.8. The van der Waals surface area contributed by atoms with Crippen LogP contribution >= 0.6 is 0 Å². The average Bonchev–Trinajstić information content (AvgIpc) is 2.92. The van der Waals surface area contributed by atoms with Gasteiger partial charge < -0.3 is 84.2 Å². The Bertz CT molecular complexity index is 853. The molecule has 0 saturated carbocycles. The van der Waals surface area contributed by atoms with Crippen molar-refractivity contribution in [3.63, 3.8) is 0 Å². The Balaban J connectivity index is 1.52. The highest BCUT2D eigenvalue weighted by Crippen LogP contribution is 2.34. The van der Waals surface area contributed by atoms with Gasteiger partial charge >= 0.3 is 0 Å². The van der Waals surface area contributed by atoms with Crippen LogP contribution in [0.2, 0.25) is 0 Å². The highest BCUT2D eigenvalue weighted by Gasteiger charge is 2.54. The van der Waals surface area contributed by atoms with Crippen LogP contribution in [0.5, 0.6) is 0 Å². The molecule has 0 amide bonds. The number of hydrogen-bond acceptors (Lipinski definition) is 17. The molecule has 4 aliphatic rings. The van der Waals surface area contributed by atoms with E-state index in [0.717, 1.165) is 0 Å². The third kappa shape index (κ3) is 6.57. The predicted octanol–water partition coefficient (Wildman–Crippen LogP) is -5.64. The Labute approximate surface area is 235 Å². The van der Waals surface area contributed by atoms with Gasteiger partial charge in [-0.3, -0.25) is 0 Å². The fourth-order valence-corrected chi connectivity index (χ4v) is 5.28. The van der Waals surface area contributed by atoms with Gasteiger partial charge in [0.15, 0.2) is 25.2 Å². The third-order valence-electron chi connectivity index (χ3n) is 8.05. The molecule has 17 heteroatoms. The molecule has 41 heavy (non-hydrogen) atoms. The van der Waals surface area contributed by atoms with Crippen molar-refractivity contribution in [2.45, 2.75) is 151 Å². The lowest BCUT2D eigenvalue weighted by atomic mass is 9.96. The van der Waals surface area contributed by atoms with Crippen LogP contribution in [0.1, 0.15) is 27.7 Å². The van der Waals surface area contributed by atoms with E-state index in [0.29, 0.717) is 0 Å². The third-order valence-corrected chi connectivity index (χ3v) is 8.05. The Morgan fingerprint density at radius 2 is 0.732 bits per heavy atom. The van der Waals surface area contributed by atoms with Crippen LogP contribution in [0.25, 0.3) is 0 Å². The Kier molecular flexibility index (Phi) is 10.6. The monoisotopic (exact) mass is 602 g/mol. The number of hydrogen-bond donors (Lipinski definition) is 10. The molecule has 0 bridgehead atoms. The van der Waals surface area contributed by atoms with Crippen LogP contribution in [-0.4, -0.2) is 174 Å². The minimum absolute atomic E-state index is 0.919. The van der Waals surface area contributed by atoms with Gasteiger partial charge in [0.25, 0.3) is 0 Å². The number of rotatable bonds is 6. The van der Waals surface area contributed by atoms with Crippen molar-refractivity contribution in [3.05, 3.63) is 0 Å². The van der Waals surface area contributed by atoms with Gasteiger partial charge in [-0.25, -0.2) is 0 Å². The molecule has 0 aliphatic carbocycles. The predicted molar refractivity (Wildman–Crippen MR) is 128 cm³/mol. The summed E-state index contributed by atoms with van der Waals surface area (Å²) in [6, 6.07) is 0. The molecule has 17 nitrogen and oxygen atoms in total. The van der Waals surface area contributed by atoms with Gasteiger partial charge in [0.2, 0.25) is 0 Å². The van der Waals surface area contributed by atoms with E-state index in [9.17, 15) is 51.1 Å². The molecule has 0 aromatic rings.